The highest BCUT2D eigenvalue weighted by atomic mass is 16.2. The van der Waals surface area contributed by atoms with E-state index in [1.54, 1.807) is 13.8 Å². The molecule has 0 spiro atoms. The first-order valence-corrected chi connectivity index (χ1v) is 9.44. The predicted octanol–water partition coefficient (Wildman–Crippen LogP) is 3.31. The summed E-state index contributed by atoms with van der Waals surface area (Å²) in [6.45, 7) is 5.57. The number of carbonyl (C=O) groups is 2. The highest BCUT2D eigenvalue weighted by molar-refractivity contribution is 6.09. The molecule has 0 bridgehead atoms. The first-order valence-electron chi connectivity index (χ1n) is 9.44. The lowest BCUT2D eigenvalue weighted by Gasteiger charge is -2.25. The predicted molar refractivity (Wildman–Crippen MR) is 101 cm³/mol. The number of amides is 2. The number of hydrogen-bond acceptors (Lipinski definition) is 3. The molecule has 1 aliphatic heterocycles. The molecule has 0 atom stereocenters. The molecular formula is C20H29N3O2. The van der Waals surface area contributed by atoms with Crippen LogP contribution in [-0.2, 0) is 9.59 Å². The Kier molecular flexibility index (Phi) is 5.30. The van der Waals surface area contributed by atoms with Crippen molar-refractivity contribution in [1.82, 2.24) is 5.32 Å². The van der Waals surface area contributed by atoms with Crippen LogP contribution in [0.3, 0.4) is 0 Å². The minimum absolute atomic E-state index is 0.189. The number of nitrogens with zero attached hydrogens (tertiary/aromatic N) is 1. The Bertz CT molecular complexity index is 612. The molecule has 1 saturated heterocycles. The maximum Gasteiger partial charge on any atom is 0.239 e. The lowest BCUT2D eigenvalue weighted by Crippen LogP contribution is -2.47. The Balaban J connectivity index is 1.58. The van der Waals surface area contributed by atoms with Gasteiger partial charge in [0.05, 0.1) is 0 Å². The largest absolute Gasteiger partial charge is 0.372 e. The van der Waals surface area contributed by atoms with Gasteiger partial charge in [0.15, 0.2) is 0 Å². The summed E-state index contributed by atoms with van der Waals surface area (Å²) in [5.74, 6) is -0.456. The second kappa shape index (κ2) is 7.46. The smallest absolute Gasteiger partial charge is 0.239 e. The van der Waals surface area contributed by atoms with Gasteiger partial charge in [-0.3, -0.25) is 9.59 Å². The van der Waals surface area contributed by atoms with Gasteiger partial charge in [0.1, 0.15) is 5.41 Å². The summed E-state index contributed by atoms with van der Waals surface area (Å²) >= 11 is 0. The number of nitrogens with one attached hydrogen (secondary N) is 2. The van der Waals surface area contributed by atoms with Gasteiger partial charge in [-0.1, -0.05) is 12.8 Å². The minimum Gasteiger partial charge on any atom is -0.372 e. The quantitative estimate of drug-likeness (QED) is 0.806. The molecule has 25 heavy (non-hydrogen) atoms. The van der Waals surface area contributed by atoms with E-state index in [-0.39, 0.29) is 17.9 Å². The molecule has 136 valence electrons. The molecule has 0 radical (unpaired) electrons. The van der Waals surface area contributed by atoms with E-state index in [2.05, 4.69) is 15.5 Å². The molecule has 1 aromatic carbocycles. The van der Waals surface area contributed by atoms with Crippen LogP contribution in [0.25, 0.3) is 0 Å². The standard InChI is InChI=1S/C20H29N3O2/c1-20(2,18(24)21-15-7-3-4-8-15)19(25)22-16-9-11-17(12-10-16)23-13-5-6-14-23/h9-12,15H,3-8,13-14H2,1-2H3,(H,21,24)(H,22,25). The summed E-state index contributed by atoms with van der Waals surface area (Å²) in [5, 5.41) is 5.91. The Morgan fingerprint density at radius 2 is 1.56 bits per heavy atom. The van der Waals surface area contributed by atoms with Crippen LogP contribution in [0.4, 0.5) is 11.4 Å². The number of carbonyl (C=O) groups excluding carboxylic acids is 2. The van der Waals surface area contributed by atoms with Gasteiger partial charge in [-0.25, -0.2) is 0 Å². The molecule has 1 saturated carbocycles. The highest BCUT2D eigenvalue weighted by Crippen LogP contribution is 2.25. The van der Waals surface area contributed by atoms with Crippen LogP contribution in [0.2, 0.25) is 0 Å². The fourth-order valence-corrected chi connectivity index (χ4v) is 3.56. The number of hydrogen-bond donors (Lipinski definition) is 2. The molecule has 2 N–H and O–H groups in total. The van der Waals surface area contributed by atoms with Crippen molar-refractivity contribution in [1.29, 1.82) is 0 Å². The summed E-state index contributed by atoms with van der Waals surface area (Å²) < 4.78 is 0. The molecule has 1 aliphatic carbocycles. The van der Waals surface area contributed by atoms with Crippen LogP contribution in [0.1, 0.15) is 52.4 Å². The molecule has 1 heterocycles. The molecule has 1 aromatic rings. The molecule has 5 heteroatoms. The van der Waals surface area contributed by atoms with Gasteiger partial charge in [0, 0.05) is 30.5 Å². The maximum absolute atomic E-state index is 12.6. The zero-order chi connectivity index (χ0) is 17.9. The van der Waals surface area contributed by atoms with Crippen LogP contribution in [0, 0.1) is 5.41 Å². The molecule has 2 fully saturated rings. The van der Waals surface area contributed by atoms with Gasteiger partial charge in [0.25, 0.3) is 0 Å². The minimum atomic E-state index is -1.09. The van der Waals surface area contributed by atoms with E-state index in [0.29, 0.717) is 0 Å². The molecule has 0 aromatic heterocycles. The highest BCUT2D eigenvalue weighted by Gasteiger charge is 2.37. The van der Waals surface area contributed by atoms with Gasteiger partial charge in [-0.05, 0) is 63.8 Å². The average Bonchev–Trinajstić information content (AvgIpc) is 3.29. The molecule has 5 nitrogen and oxygen atoms in total. The van der Waals surface area contributed by atoms with E-state index >= 15 is 0 Å². The Labute approximate surface area is 150 Å². The third-order valence-corrected chi connectivity index (χ3v) is 5.42. The second-order valence-electron chi connectivity index (χ2n) is 7.77. The number of anilines is 2. The first kappa shape index (κ1) is 17.8. The van der Waals surface area contributed by atoms with Gasteiger partial charge >= 0.3 is 0 Å². The molecule has 2 aliphatic rings. The molecular weight excluding hydrogens is 314 g/mol. The zero-order valence-electron chi connectivity index (χ0n) is 15.3. The van der Waals surface area contributed by atoms with Gasteiger partial charge in [-0.15, -0.1) is 0 Å². The summed E-state index contributed by atoms with van der Waals surface area (Å²) in [6.07, 6.45) is 6.82. The molecule has 3 rings (SSSR count). The van der Waals surface area contributed by atoms with E-state index in [4.69, 9.17) is 0 Å². The second-order valence-corrected chi connectivity index (χ2v) is 7.77. The van der Waals surface area contributed by atoms with Crippen LogP contribution < -0.4 is 15.5 Å². The summed E-state index contributed by atoms with van der Waals surface area (Å²) in [4.78, 5) is 27.5. The van der Waals surface area contributed by atoms with Crippen molar-refractivity contribution in [2.45, 2.75) is 58.4 Å². The van der Waals surface area contributed by atoms with Gasteiger partial charge < -0.3 is 15.5 Å². The lowest BCUT2D eigenvalue weighted by atomic mass is 9.90. The first-order chi connectivity index (χ1) is 12.0. The van der Waals surface area contributed by atoms with E-state index in [0.717, 1.165) is 44.5 Å². The fraction of sp³-hybridized carbons (Fsp3) is 0.600. The van der Waals surface area contributed by atoms with E-state index in [1.165, 1.54) is 18.5 Å². The van der Waals surface area contributed by atoms with E-state index in [9.17, 15) is 9.59 Å². The van der Waals surface area contributed by atoms with E-state index < -0.39 is 5.41 Å². The third kappa shape index (κ3) is 4.14. The van der Waals surface area contributed by atoms with Crippen LogP contribution in [0.5, 0.6) is 0 Å². The summed E-state index contributed by atoms with van der Waals surface area (Å²) in [7, 11) is 0. The van der Waals surface area contributed by atoms with Crippen LogP contribution in [0.15, 0.2) is 24.3 Å². The Morgan fingerprint density at radius 1 is 0.960 bits per heavy atom. The molecule has 2 amide bonds. The Morgan fingerprint density at radius 3 is 2.16 bits per heavy atom. The number of rotatable bonds is 5. The van der Waals surface area contributed by atoms with Crippen molar-refractivity contribution in [2.24, 2.45) is 5.41 Å². The Hall–Kier alpha value is -2.04. The van der Waals surface area contributed by atoms with Crippen molar-refractivity contribution >= 4 is 23.2 Å². The summed E-state index contributed by atoms with van der Waals surface area (Å²) in [5.41, 5.74) is 0.833. The summed E-state index contributed by atoms with van der Waals surface area (Å²) in [6, 6.07) is 8.12. The average molecular weight is 343 g/mol. The topological polar surface area (TPSA) is 61.4 Å². The van der Waals surface area contributed by atoms with Crippen LogP contribution >= 0.6 is 0 Å². The van der Waals surface area contributed by atoms with Gasteiger partial charge in [-0.2, -0.15) is 0 Å². The van der Waals surface area contributed by atoms with Crippen LogP contribution in [-0.4, -0.2) is 30.9 Å². The zero-order valence-corrected chi connectivity index (χ0v) is 15.3. The van der Waals surface area contributed by atoms with Crippen molar-refractivity contribution in [3.05, 3.63) is 24.3 Å². The maximum atomic E-state index is 12.6. The van der Waals surface area contributed by atoms with Crippen molar-refractivity contribution in [3.63, 3.8) is 0 Å². The van der Waals surface area contributed by atoms with E-state index in [1.807, 2.05) is 24.3 Å². The van der Waals surface area contributed by atoms with Crippen molar-refractivity contribution in [3.8, 4) is 0 Å². The third-order valence-electron chi connectivity index (χ3n) is 5.42. The fourth-order valence-electron chi connectivity index (χ4n) is 3.56. The number of benzene rings is 1. The van der Waals surface area contributed by atoms with Gasteiger partial charge in [0.2, 0.25) is 11.8 Å². The van der Waals surface area contributed by atoms with Crippen molar-refractivity contribution in [2.75, 3.05) is 23.3 Å². The normalized spacial score (nSPS) is 18.4. The lowest BCUT2D eigenvalue weighted by molar-refractivity contribution is -0.138. The SMILES string of the molecule is CC(C)(C(=O)Nc1ccc(N2CCCC2)cc1)C(=O)NC1CCCC1. The van der Waals surface area contributed by atoms with Crippen molar-refractivity contribution < 1.29 is 9.59 Å². The monoisotopic (exact) mass is 343 g/mol. The molecule has 0 unspecified atom stereocenters.